The topological polar surface area (TPSA) is 118 Å². The van der Waals surface area contributed by atoms with Crippen molar-refractivity contribution in [2.24, 2.45) is 0 Å². The molecule has 2 atom stereocenters. The Morgan fingerprint density at radius 2 is 1.86 bits per heavy atom. The molecule has 0 spiro atoms. The first-order valence-corrected chi connectivity index (χ1v) is 14.4. The van der Waals surface area contributed by atoms with Gasteiger partial charge < -0.3 is 34.6 Å². The van der Waals surface area contributed by atoms with Crippen LogP contribution in [0.25, 0.3) is 0 Å². The summed E-state index contributed by atoms with van der Waals surface area (Å²) in [4.78, 5) is 39.4. The van der Waals surface area contributed by atoms with E-state index in [2.05, 4.69) is 25.5 Å². The molecule has 1 unspecified atom stereocenters. The zero-order valence-corrected chi connectivity index (χ0v) is 26.1. The Bertz CT molecular complexity index is 1560. The number of aromatic nitrogens is 2. The third kappa shape index (κ3) is 5.74. The number of carbonyl (C=O) groups excluding carboxylic acids is 2. The summed E-state index contributed by atoms with van der Waals surface area (Å²) in [6.07, 6.45) is 2.38. The molecule has 228 valence electrons. The van der Waals surface area contributed by atoms with E-state index in [-0.39, 0.29) is 29.9 Å². The Morgan fingerprint density at radius 3 is 2.58 bits per heavy atom. The fraction of sp³-hybridized carbons (Fsp3) is 0.438. The number of likely N-dealkylation sites (N-methyl/N-ethyl adjacent to an activating group) is 1. The molecule has 0 radical (unpaired) electrons. The summed E-state index contributed by atoms with van der Waals surface area (Å²) in [6.45, 7) is 9.37. The molecule has 0 saturated carbocycles. The molecule has 0 bridgehead atoms. The van der Waals surface area contributed by atoms with E-state index in [1.807, 2.05) is 52.9 Å². The van der Waals surface area contributed by atoms with Gasteiger partial charge in [0, 0.05) is 38.0 Å². The van der Waals surface area contributed by atoms with Crippen LogP contribution in [0.1, 0.15) is 57.7 Å². The standard InChI is InChI=1S/C32H40N6O5/c1-18-14-23(25(41-7)15-20(18)28(39)34-22-12-13-37(5)17-26(22)42-8)35-31-33-16-19(2)29(36-31)43-24-11-9-10-21-27(24)30(40)38(6)32(21,3)4/h9-11,14-16,22,26H,12-13,17H2,1-8H3,(H,34,39)(H,33,35,36)/t22?,26-/m1/s1. The van der Waals surface area contributed by atoms with Crippen molar-refractivity contribution in [3.05, 3.63) is 64.3 Å². The van der Waals surface area contributed by atoms with Crippen LogP contribution in [0.4, 0.5) is 11.6 Å². The normalized spacial score (nSPS) is 19.6. The van der Waals surface area contributed by atoms with E-state index in [0.717, 1.165) is 30.6 Å². The molecule has 11 nitrogen and oxygen atoms in total. The summed E-state index contributed by atoms with van der Waals surface area (Å²) >= 11 is 0. The fourth-order valence-corrected chi connectivity index (χ4v) is 5.68. The molecule has 2 amide bonds. The lowest BCUT2D eigenvalue weighted by Gasteiger charge is -2.36. The molecular formula is C32H40N6O5. The Hall–Kier alpha value is -4.22. The largest absolute Gasteiger partial charge is 0.495 e. The Kier molecular flexibility index (Phi) is 8.31. The number of nitrogens with zero attached hydrogens (tertiary/aromatic N) is 4. The van der Waals surface area contributed by atoms with Crippen molar-refractivity contribution in [1.82, 2.24) is 25.1 Å². The van der Waals surface area contributed by atoms with Gasteiger partial charge in [-0.05, 0) is 77.0 Å². The van der Waals surface area contributed by atoms with Crippen LogP contribution in [0, 0.1) is 13.8 Å². The predicted octanol–water partition coefficient (Wildman–Crippen LogP) is 4.41. The number of fused-ring (bicyclic) bond motifs is 1. The highest BCUT2D eigenvalue weighted by molar-refractivity contribution is 6.02. The minimum Gasteiger partial charge on any atom is -0.495 e. The summed E-state index contributed by atoms with van der Waals surface area (Å²) in [5, 5.41) is 6.36. The van der Waals surface area contributed by atoms with Crippen LogP contribution in [-0.4, -0.2) is 85.1 Å². The molecule has 2 aliphatic heterocycles. The van der Waals surface area contributed by atoms with E-state index in [0.29, 0.717) is 39.8 Å². The van der Waals surface area contributed by atoms with Gasteiger partial charge in [0.1, 0.15) is 11.5 Å². The third-order valence-corrected chi connectivity index (χ3v) is 8.59. The number of benzene rings is 2. The molecule has 0 aliphatic carbocycles. The monoisotopic (exact) mass is 588 g/mol. The van der Waals surface area contributed by atoms with Crippen molar-refractivity contribution in [2.45, 2.75) is 51.8 Å². The molecular weight excluding hydrogens is 548 g/mol. The quantitative estimate of drug-likeness (QED) is 0.395. The molecule has 3 aromatic rings. The Labute approximate surface area is 252 Å². The molecule has 1 saturated heterocycles. The number of carbonyl (C=O) groups is 2. The van der Waals surface area contributed by atoms with Crippen molar-refractivity contribution < 1.29 is 23.8 Å². The van der Waals surface area contributed by atoms with E-state index in [1.54, 1.807) is 44.5 Å². The molecule has 2 N–H and O–H groups in total. The van der Waals surface area contributed by atoms with Gasteiger partial charge in [0.05, 0.1) is 36.0 Å². The lowest BCUT2D eigenvalue weighted by atomic mass is 9.94. The van der Waals surface area contributed by atoms with Gasteiger partial charge in [0.2, 0.25) is 11.8 Å². The van der Waals surface area contributed by atoms with E-state index < -0.39 is 5.54 Å². The maximum atomic E-state index is 13.3. The van der Waals surface area contributed by atoms with Crippen LogP contribution in [0.2, 0.25) is 0 Å². The zero-order chi connectivity index (χ0) is 31.1. The van der Waals surface area contributed by atoms with Crippen LogP contribution in [0.5, 0.6) is 17.4 Å². The molecule has 3 heterocycles. The number of methoxy groups -OCH3 is 2. The van der Waals surface area contributed by atoms with Crippen molar-refractivity contribution in [3.8, 4) is 17.4 Å². The highest BCUT2D eigenvalue weighted by Crippen LogP contribution is 2.43. The molecule has 1 aromatic heterocycles. The summed E-state index contributed by atoms with van der Waals surface area (Å²) in [5.41, 5.74) is 3.57. The van der Waals surface area contributed by atoms with Gasteiger partial charge in [-0.2, -0.15) is 4.98 Å². The first kappa shape index (κ1) is 30.2. The molecule has 1 fully saturated rings. The first-order chi connectivity index (χ1) is 20.4. The molecule has 5 rings (SSSR count). The second-order valence-corrected chi connectivity index (χ2v) is 11.8. The van der Waals surface area contributed by atoms with E-state index >= 15 is 0 Å². The number of nitrogens with one attached hydrogen (secondary N) is 2. The predicted molar refractivity (Wildman–Crippen MR) is 164 cm³/mol. The van der Waals surface area contributed by atoms with Gasteiger partial charge in [0.15, 0.2) is 0 Å². The second kappa shape index (κ2) is 11.8. The van der Waals surface area contributed by atoms with Crippen LogP contribution in [0.15, 0.2) is 36.5 Å². The highest BCUT2D eigenvalue weighted by Gasteiger charge is 2.42. The maximum Gasteiger partial charge on any atom is 0.258 e. The van der Waals surface area contributed by atoms with Crippen molar-refractivity contribution >= 4 is 23.5 Å². The molecule has 43 heavy (non-hydrogen) atoms. The van der Waals surface area contributed by atoms with E-state index in [9.17, 15) is 9.59 Å². The smallest absolute Gasteiger partial charge is 0.258 e. The fourth-order valence-electron chi connectivity index (χ4n) is 5.68. The SMILES string of the molecule is COc1cc(C(=O)NC2CCN(C)C[C@H]2OC)c(C)cc1Nc1ncc(C)c(Oc2cccc3c2C(=O)N(C)C3(C)C)n1. The van der Waals surface area contributed by atoms with Crippen LogP contribution >= 0.6 is 0 Å². The average molecular weight is 589 g/mol. The van der Waals surface area contributed by atoms with Gasteiger partial charge in [0.25, 0.3) is 11.8 Å². The molecule has 11 heteroatoms. The Morgan fingerprint density at radius 1 is 1.09 bits per heavy atom. The van der Waals surface area contributed by atoms with Crippen LogP contribution in [0.3, 0.4) is 0 Å². The van der Waals surface area contributed by atoms with Crippen molar-refractivity contribution in [1.29, 1.82) is 0 Å². The Balaban J connectivity index is 1.37. The molecule has 2 aromatic carbocycles. The maximum absolute atomic E-state index is 13.3. The van der Waals surface area contributed by atoms with Gasteiger partial charge in [-0.25, -0.2) is 4.98 Å². The number of hydrogen-bond donors (Lipinski definition) is 2. The summed E-state index contributed by atoms with van der Waals surface area (Å²) in [7, 11) is 7.06. The van der Waals surface area contributed by atoms with Gasteiger partial charge in [-0.3, -0.25) is 9.59 Å². The summed E-state index contributed by atoms with van der Waals surface area (Å²) < 4.78 is 17.5. The number of rotatable bonds is 8. The van der Waals surface area contributed by atoms with Crippen LogP contribution < -0.4 is 20.1 Å². The number of hydrogen-bond acceptors (Lipinski definition) is 9. The number of amides is 2. The minimum absolute atomic E-state index is 0.0797. The average Bonchev–Trinajstić information content (AvgIpc) is 3.16. The number of anilines is 2. The number of aryl methyl sites for hydroxylation is 2. The van der Waals surface area contributed by atoms with Crippen molar-refractivity contribution in [2.75, 3.05) is 46.7 Å². The highest BCUT2D eigenvalue weighted by atomic mass is 16.5. The van der Waals surface area contributed by atoms with Gasteiger partial charge in [-0.1, -0.05) is 12.1 Å². The molecule has 2 aliphatic rings. The van der Waals surface area contributed by atoms with E-state index in [1.165, 1.54) is 0 Å². The summed E-state index contributed by atoms with van der Waals surface area (Å²) in [5.74, 6) is 1.23. The number of likely N-dealkylation sites (tertiary alicyclic amines) is 1. The zero-order valence-electron chi connectivity index (χ0n) is 26.1. The first-order valence-electron chi connectivity index (χ1n) is 14.4. The van der Waals surface area contributed by atoms with Crippen LogP contribution in [-0.2, 0) is 10.3 Å². The second-order valence-electron chi connectivity index (χ2n) is 11.8. The number of ether oxygens (including phenoxy) is 3. The lowest BCUT2D eigenvalue weighted by Crippen LogP contribution is -2.53. The van der Waals surface area contributed by atoms with Crippen molar-refractivity contribution in [3.63, 3.8) is 0 Å². The third-order valence-electron chi connectivity index (χ3n) is 8.59. The van der Waals surface area contributed by atoms with Gasteiger partial charge >= 0.3 is 0 Å². The minimum atomic E-state index is -0.449. The van der Waals surface area contributed by atoms with Gasteiger partial charge in [-0.15, -0.1) is 0 Å². The number of piperidine rings is 1. The lowest BCUT2D eigenvalue weighted by molar-refractivity contribution is 0.0142. The summed E-state index contributed by atoms with van der Waals surface area (Å²) in [6, 6.07) is 9.07. The van der Waals surface area contributed by atoms with E-state index in [4.69, 9.17) is 14.2 Å².